The number of thiazole rings is 1. The summed E-state index contributed by atoms with van der Waals surface area (Å²) in [6.45, 7) is 0.470. The number of nitrogens with one attached hydrogen (secondary N) is 1. The lowest BCUT2D eigenvalue weighted by Crippen LogP contribution is -2.20. The van der Waals surface area contributed by atoms with Gasteiger partial charge in [-0.1, -0.05) is 42.5 Å². The summed E-state index contributed by atoms with van der Waals surface area (Å²) in [6, 6.07) is 20.7. The van der Waals surface area contributed by atoms with E-state index in [9.17, 15) is 9.59 Å². The topological polar surface area (TPSA) is 72.3 Å². The van der Waals surface area contributed by atoms with E-state index in [0.29, 0.717) is 15.8 Å². The molecule has 4 aromatic rings. The fourth-order valence-corrected chi connectivity index (χ4v) is 3.61. The molecule has 0 unspecified atom stereocenters. The summed E-state index contributed by atoms with van der Waals surface area (Å²) in [4.78, 5) is 27.0. The second-order valence-corrected chi connectivity index (χ2v) is 7.35. The van der Waals surface area contributed by atoms with E-state index in [1.54, 1.807) is 18.2 Å². The van der Waals surface area contributed by atoms with Crippen LogP contribution in [0.4, 0.5) is 0 Å². The molecule has 5 nitrogen and oxygen atoms in total. The molecule has 6 heteroatoms. The van der Waals surface area contributed by atoms with Crippen LogP contribution in [0.15, 0.2) is 82.2 Å². The number of carbonyl (C=O) groups excluding carboxylic acids is 1. The number of rotatable bonds is 6. The molecule has 0 saturated carbocycles. The van der Waals surface area contributed by atoms with Crippen molar-refractivity contribution >= 4 is 29.3 Å². The van der Waals surface area contributed by atoms with Gasteiger partial charge < -0.3 is 14.1 Å². The Bertz CT molecular complexity index is 1280. The van der Waals surface area contributed by atoms with Crippen LogP contribution in [-0.4, -0.2) is 10.8 Å². The van der Waals surface area contributed by atoms with Crippen LogP contribution >= 0.6 is 11.3 Å². The molecule has 0 amide bonds. The first-order valence-electron chi connectivity index (χ1n) is 8.94. The Hall–Kier alpha value is -3.64. The Morgan fingerprint density at radius 2 is 1.93 bits per heavy atom. The molecule has 0 bridgehead atoms. The van der Waals surface area contributed by atoms with E-state index in [4.69, 9.17) is 9.15 Å². The summed E-state index contributed by atoms with van der Waals surface area (Å²) in [5.74, 6) is 0.652. The smallest absolute Gasteiger partial charge is 0.266 e. The summed E-state index contributed by atoms with van der Waals surface area (Å²) < 4.78 is 11.9. The predicted molar refractivity (Wildman–Crippen MR) is 112 cm³/mol. The maximum absolute atomic E-state index is 12.2. The molecule has 0 aliphatic rings. The van der Waals surface area contributed by atoms with E-state index in [-0.39, 0.29) is 17.1 Å². The molecule has 2 aromatic heterocycles. The van der Waals surface area contributed by atoms with Gasteiger partial charge in [0.15, 0.2) is 5.76 Å². The normalized spacial score (nSPS) is 12.3. The number of carbonyl (C=O) groups is 1. The summed E-state index contributed by atoms with van der Waals surface area (Å²) in [5.41, 5.74) is 1.67. The second-order valence-electron chi connectivity index (χ2n) is 6.26. The number of benzene rings is 2. The van der Waals surface area contributed by atoms with Gasteiger partial charge in [0.25, 0.3) is 5.56 Å². The van der Waals surface area contributed by atoms with Crippen molar-refractivity contribution in [2.45, 2.75) is 6.61 Å². The van der Waals surface area contributed by atoms with Crippen LogP contribution in [0.5, 0.6) is 5.75 Å². The molecule has 0 aliphatic heterocycles. The number of ether oxygens (including phenoxy) is 1. The lowest BCUT2D eigenvalue weighted by molar-refractivity contribution is 0.103. The molecule has 0 spiro atoms. The first-order valence-corrected chi connectivity index (χ1v) is 9.76. The zero-order valence-electron chi connectivity index (χ0n) is 15.3. The van der Waals surface area contributed by atoms with Gasteiger partial charge in [0.05, 0.1) is 15.5 Å². The third kappa shape index (κ3) is 4.80. The van der Waals surface area contributed by atoms with Crippen molar-refractivity contribution in [1.29, 1.82) is 0 Å². The highest BCUT2D eigenvalue weighted by atomic mass is 32.1. The minimum absolute atomic E-state index is 0.230. The Morgan fingerprint density at radius 1 is 1.07 bits per heavy atom. The van der Waals surface area contributed by atoms with Crippen LogP contribution in [0.3, 0.4) is 0 Å². The molecule has 4 rings (SSSR count). The van der Waals surface area contributed by atoms with Gasteiger partial charge in [-0.25, -0.2) is 0 Å². The fraction of sp³-hybridized carbons (Fsp3) is 0.0435. The van der Waals surface area contributed by atoms with Crippen molar-refractivity contribution in [3.63, 3.8) is 0 Å². The zero-order chi connectivity index (χ0) is 20.1. The van der Waals surface area contributed by atoms with Gasteiger partial charge in [-0.3, -0.25) is 9.59 Å². The molecule has 0 aliphatic carbocycles. The van der Waals surface area contributed by atoms with E-state index in [2.05, 4.69) is 4.98 Å². The van der Waals surface area contributed by atoms with Crippen molar-refractivity contribution in [3.8, 4) is 5.75 Å². The summed E-state index contributed by atoms with van der Waals surface area (Å²) >= 11 is 1.21. The van der Waals surface area contributed by atoms with Gasteiger partial charge in [0.1, 0.15) is 12.4 Å². The number of furan rings is 1. The van der Waals surface area contributed by atoms with Crippen LogP contribution < -0.4 is 19.5 Å². The third-order valence-corrected chi connectivity index (χ3v) is 5.07. The number of hydrogen-bond donors (Lipinski definition) is 1. The Labute approximate surface area is 170 Å². The maximum atomic E-state index is 12.2. The Balaban J connectivity index is 1.56. The molecule has 1 N–H and O–H groups in total. The van der Waals surface area contributed by atoms with Crippen LogP contribution in [0.2, 0.25) is 0 Å². The predicted octanol–water partition coefficient (Wildman–Crippen LogP) is 3.10. The quantitative estimate of drug-likeness (QED) is 0.502. The third-order valence-electron chi connectivity index (χ3n) is 4.11. The Kier molecular flexibility index (Phi) is 5.54. The second kappa shape index (κ2) is 8.58. The number of aromatic nitrogens is 1. The zero-order valence-corrected chi connectivity index (χ0v) is 16.1. The van der Waals surface area contributed by atoms with E-state index in [1.165, 1.54) is 23.7 Å². The van der Waals surface area contributed by atoms with Crippen molar-refractivity contribution in [2.75, 3.05) is 0 Å². The van der Waals surface area contributed by atoms with Crippen LogP contribution in [-0.2, 0) is 6.61 Å². The SMILES string of the molecule is O=C(/C=c1\[nH]c(=O)/c(=C\c2cccc(OCc3ccccc3)c2)s1)c1ccco1. The lowest BCUT2D eigenvalue weighted by Gasteiger charge is -2.06. The summed E-state index contributed by atoms with van der Waals surface area (Å²) in [6.07, 6.45) is 4.57. The largest absolute Gasteiger partial charge is 0.489 e. The monoisotopic (exact) mass is 403 g/mol. The average Bonchev–Trinajstić information content (AvgIpc) is 3.38. The molecular formula is C23H17NO4S. The highest BCUT2D eigenvalue weighted by Gasteiger charge is 2.05. The maximum Gasteiger partial charge on any atom is 0.266 e. The van der Waals surface area contributed by atoms with Crippen LogP contribution in [0, 0.1) is 0 Å². The average molecular weight is 403 g/mol. The van der Waals surface area contributed by atoms with Crippen molar-refractivity contribution < 1.29 is 13.9 Å². The first kappa shape index (κ1) is 18.7. The van der Waals surface area contributed by atoms with Gasteiger partial charge >= 0.3 is 0 Å². The molecule has 2 heterocycles. The van der Waals surface area contributed by atoms with Crippen molar-refractivity contribution in [3.05, 3.63) is 109 Å². The van der Waals surface area contributed by atoms with Crippen LogP contribution in [0.1, 0.15) is 21.7 Å². The highest BCUT2D eigenvalue weighted by Crippen LogP contribution is 2.15. The van der Waals surface area contributed by atoms with Gasteiger partial charge in [-0.2, -0.15) is 0 Å². The minimum Gasteiger partial charge on any atom is -0.489 e. The Morgan fingerprint density at radius 3 is 2.72 bits per heavy atom. The van der Waals surface area contributed by atoms with Crippen molar-refractivity contribution in [2.24, 2.45) is 0 Å². The lowest BCUT2D eigenvalue weighted by atomic mass is 10.2. The number of Topliss-reactive ketones (excluding diaryl/α,β-unsaturated/α-hetero) is 1. The molecular weight excluding hydrogens is 386 g/mol. The number of ketones is 1. The molecule has 2 aromatic carbocycles. The van der Waals surface area contributed by atoms with E-state index in [1.807, 2.05) is 54.6 Å². The summed E-state index contributed by atoms with van der Waals surface area (Å²) in [5, 5.41) is 0. The van der Waals surface area contributed by atoms with E-state index < -0.39 is 0 Å². The standard InChI is InChI=1S/C23H17NO4S/c25-19(20-10-5-11-27-20)14-22-24-23(26)21(29-22)13-17-8-4-9-18(12-17)28-15-16-6-2-1-3-7-16/h1-14H,15H2,(H,24,26)/b21-13+,22-14+. The van der Waals surface area contributed by atoms with Crippen molar-refractivity contribution in [1.82, 2.24) is 4.98 Å². The first-order chi connectivity index (χ1) is 14.2. The number of aromatic amines is 1. The molecule has 0 atom stereocenters. The van der Waals surface area contributed by atoms with Gasteiger partial charge in [0.2, 0.25) is 5.78 Å². The molecule has 0 saturated heterocycles. The fourth-order valence-electron chi connectivity index (χ4n) is 2.72. The van der Waals surface area contributed by atoms with Gasteiger partial charge in [-0.05, 0) is 41.5 Å². The molecule has 144 valence electrons. The highest BCUT2D eigenvalue weighted by molar-refractivity contribution is 7.07. The number of hydrogen-bond acceptors (Lipinski definition) is 5. The van der Waals surface area contributed by atoms with Crippen LogP contribution in [0.25, 0.3) is 12.2 Å². The summed E-state index contributed by atoms with van der Waals surface area (Å²) in [7, 11) is 0. The minimum atomic E-state index is -0.296. The van der Waals surface area contributed by atoms with Gasteiger partial charge in [-0.15, -0.1) is 11.3 Å². The molecule has 0 radical (unpaired) electrons. The van der Waals surface area contributed by atoms with Gasteiger partial charge in [0, 0.05) is 6.08 Å². The number of H-pyrrole nitrogens is 1. The van der Waals surface area contributed by atoms with E-state index >= 15 is 0 Å². The molecule has 0 fully saturated rings. The van der Waals surface area contributed by atoms with E-state index in [0.717, 1.165) is 16.9 Å². The molecule has 29 heavy (non-hydrogen) atoms.